The molecule has 2 rings (SSSR count). The topological polar surface area (TPSA) is 77.5 Å². The van der Waals surface area contributed by atoms with Crippen LogP contribution in [-0.4, -0.2) is 30.3 Å². The molecule has 1 N–H and O–H groups in total. The fourth-order valence-corrected chi connectivity index (χ4v) is 2.08. The average Bonchev–Trinajstić information content (AvgIpc) is 2.60. The van der Waals surface area contributed by atoms with Gasteiger partial charge in [-0.25, -0.2) is 4.79 Å². The van der Waals surface area contributed by atoms with Crippen molar-refractivity contribution in [1.82, 2.24) is 10.3 Å². The first-order chi connectivity index (χ1) is 12.2. The van der Waals surface area contributed by atoms with Gasteiger partial charge < -0.3 is 14.8 Å². The number of methoxy groups -OCH3 is 1. The first-order valence-corrected chi connectivity index (χ1v) is 7.40. The van der Waals surface area contributed by atoms with Crippen molar-refractivity contribution in [1.29, 1.82) is 0 Å². The summed E-state index contributed by atoms with van der Waals surface area (Å²) in [5.41, 5.74) is 0.873. The van der Waals surface area contributed by atoms with Crippen molar-refractivity contribution < 1.29 is 32.2 Å². The second-order valence-corrected chi connectivity index (χ2v) is 5.24. The summed E-state index contributed by atoms with van der Waals surface area (Å²) in [6.07, 6.45) is -3.54. The molecular formula is C17H15F3N2O4. The lowest BCUT2D eigenvalue weighted by Gasteiger charge is -2.15. The molecule has 1 atom stereocenters. The van der Waals surface area contributed by atoms with Crippen LogP contribution in [0.3, 0.4) is 0 Å². The van der Waals surface area contributed by atoms with Gasteiger partial charge in [0, 0.05) is 6.20 Å². The number of amides is 1. The summed E-state index contributed by atoms with van der Waals surface area (Å²) in [5, 5.41) is 2.66. The van der Waals surface area contributed by atoms with E-state index in [2.05, 4.69) is 19.8 Å². The maximum Gasteiger partial charge on any atom is 0.573 e. The molecule has 1 unspecified atom stereocenters. The minimum atomic E-state index is -4.76. The van der Waals surface area contributed by atoms with Crippen LogP contribution < -0.4 is 10.1 Å². The Kier molecular flexibility index (Phi) is 5.81. The minimum absolute atomic E-state index is 0.0847. The lowest BCUT2D eigenvalue weighted by molar-refractivity contribution is -0.274. The molecular weight excluding hydrogens is 353 g/mol. The zero-order valence-electron chi connectivity index (χ0n) is 13.8. The van der Waals surface area contributed by atoms with Crippen molar-refractivity contribution in [3.8, 4) is 5.75 Å². The highest BCUT2D eigenvalue weighted by atomic mass is 19.4. The van der Waals surface area contributed by atoms with Gasteiger partial charge in [0.2, 0.25) is 0 Å². The van der Waals surface area contributed by atoms with Crippen LogP contribution in [0.4, 0.5) is 13.2 Å². The largest absolute Gasteiger partial charge is 0.573 e. The van der Waals surface area contributed by atoms with E-state index in [4.69, 9.17) is 0 Å². The molecule has 0 bridgehead atoms. The van der Waals surface area contributed by atoms with Gasteiger partial charge in [-0.05, 0) is 36.8 Å². The van der Waals surface area contributed by atoms with E-state index in [1.54, 1.807) is 6.92 Å². The fourth-order valence-electron chi connectivity index (χ4n) is 2.08. The molecule has 2 aromatic rings. The monoisotopic (exact) mass is 368 g/mol. The van der Waals surface area contributed by atoms with E-state index >= 15 is 0 Å². The Morgan fingerprint density at radius 1 is 1.12 bits per heavy atom. The van der Waals surface area contributed by atoms with Gasteiger partial charge in [-0.1, -0.05) is 12.1 Å². The smallest absolute Gasteiger partial charge is 0.465 e. The number of esters is 1. The number of pyridine rings is 1. The van der Waals surface area contributed by atoms with Crippen molar-refractivity contribution in [3.63, 3.8) is 0 Å². The van der Waals surface area contributed by atoms with Crippen LogP contribution in [0.2, 0.25) is 0 Å². The molecule has 0 spiro atoms. The third kappa shape index (κ3) is 5.20. The van der Waals surface area contributed by atoms with Crippen LogP contribution >= 0.6 is 0 Å². The highest BCUT2D eigenvalue weighted by Gasteiger charge is 2.31. The fraction of sp³-hybridized carbons (Fsp3) is 0.235. The number of alkyl halides is 3. The van der Waals surface area contributed by atoms with Crippen LogP contribution in [0.15, 0.2) is 42.6 Å². The average molecular weight is 368 g/mol. The van der Waals surface area contributed by atoms with Gasteiger partial charge in [-0.3, -0.25) is 9.78 Å². The second kappa shape index (κ2) is 7.85. The third-order valence-corrected chi connectivity index (χ3v) is 3.38. The van der Waals surface area contributed by atoms with Crippen molar-refractivity contribution in [2.24, 2.45) is 0 Å². The highest BCUT2D eigenvalue weighted by molar-refractivity contribution is 5.94. The molecule has 0 fully saturated rings. The number of nitrogens with one attached hydrogen (secondary N) is 1. The Morgan fingerprint density at radius 2 is 1.77 bits per heavy atom. The van der Waals surface area contributed by atoms with Crippen molar-refractivity contribution >= 4 is 11.9 Å². The standard InChI is InChI=1S/C17H15F3N2O4/c1-10(11-3-6-13(7-4-11)26-17(18,19)20)22-15(23)14-8-5-12(9-21-14)16(24)25-2/h3-10H,1-2H3,(H,22,23). The number of hydrogen-bond donors (Lipinski definition) is 1. The van der Waals surface area contributed by atoms with Crippen LogP contribution in [-0.2, 0) is 4.74 Å². The first kappa shape index (κ1) is 19.2. The summed E-state index contributed by atoms with van der Waals surface area (Å²) in [6, 6.07) is 7.45. The Balaban J connectivity index is 2.01. The van der Waals surface area contributed by atoms with Gasteiger partial charge >= 0.3 is 12.3 Å². The maximum atomic E-state index is 12.2. The molecule has 138 valence electrons. The molecule has 0 saturated carbocycles. The van der Waals surface area contributed by atoms with E-state index in [1.165, 1.54) is 37.6 Å². The van der Waals surface area contributed by atoms with Gasteiger partial charge in [-0.15, -0.1) is 13.2 Å². The number of aromatic nitrogens is 1. The van der Waals surface area contributed by atoms with Crippen molar-refractivity contribution in [2.45, 2.75) is 19.3 Å². The molecule has 0 aliphatic rings. The number of nitrogens with zero attached hydrogens (tertiary/aromatic N) is 1. The van der Waals surface area contributed by atoms with Gasteiger partial charge in [-0.2, -0.15) is 0 Å². The van der Waals surface area contributed by atoms with E-state index in [9.17, 15) is 22.8 Å². The molecule has 1 aromatic heterocycles. The summed E-state index contributed by atoms with van der Waals surface area (Å²) in [6.45, 7) is 1.67. The quantitative estimate of drug-likeness (QED) is 0.820. The Bertz CT molecular complexity index is 774. The van der Waals surface area contributed by atoms with Gasteiger partial charge in [0.15, 0.2) is 0 Å². The Morgan fingerprint density at radius 3 is 2.27 bits per heavy atom. The lowest BCUT2D eigenvalue weighted by atomic mass is 10.1. The van der Waals surface area contributed by atoms with Gasteiger partial charge in [0.25, 0.3) is 5.91 Å². The van der Waals surface area contributed by atoms with Crippen LogP contribution in [0.1, 0.15) is 39.4 Å². The number of carbonyl (C=O) groups is 2. The first-order valence-electron chi connectivity index (χ1n) is 7.40. The molecule has 1 aromatic carbocycles. The predicted molar refractivity (Wildman–Crippen MR) is 84.6 cm³/mol. The van der Waals surface area contributed by atoms with Crippen LogP contribution in [0, 0.1) is 0 Å². The zero-order valence-corrected chi connectivity index (χ0v) is 13.8. The van der Waals surface area contributed by atoms with E-state index in [1.807, 2.05) is 0 Å². The summed E-state index contributed by atoms with van der Waals surface area (Å²) >= 11 is 0. The zero-order chi connectivity index (χ0) is 19.3. The summed E-state index contributed by atoms with van der Waals surface area (Å²) in [5.74, 6) is -1.41. The predicted octanol–water partition coefficient (Wildman–Crippen LogP) is 3.26. The SMILES string of the molecule is COC(=O)c1ccc(C(=O)NC(C)c2ccc(OC(F)(F)F)cc2)nc1. The molecule has 0 aliphatic carbocycles. The Hall–Kier alpha value is -3.10. The van der Waals surface area contributed by atoms with Crippen molar-refractivity contribution in [3.05, 3.63) is 59.4 Å². The van der Waals surface area contributed by atoms with E-state index in [0.717, 1.165) is 12.1 Å². The third-order valence-electron chi connectivity index (χ3n) is 3.38. The molecule has 1 heterocycles. The van der Waals surface area contributed by atoms with E-state index in [-0.39, 0.29) is 17.0 Å². The lowest BCUT2D eigenvalue weighted by Crippen LogP contribution is -2.27. The normalized spacial score (nSPS) is 12.2. The summed E-state index contributed by atoms with van der Waals surface area (Å²) < 4.78 is 44.8. The number of halogens is 3. The van der Waals surface area contributed by atoms with Gasteiger partial charge in [0.1, 0.15) is 11.4 Å². The maximum absolute atomic E-state index is 12.2. The molecule has 26 heavy (non-hydrogen) atoms. The summed E-state index contributed by atoms with van der Waals surface area (Å²) in [7, 11) is 1.23. The number of carbonyl (C=O) groups excluding carboxylic acids is 2. The van der Waals surface area contributed by atoms with Crippen LogP contribution in [0.25, 0.3) is 0 Å². The molecule has 0 aliphatic heterocycles. The number of ether oxygens (including phenoxy) is 2. The number of rotatable bonds is 5. The molecule has 1 amide bonds. The summed E-state index contributed by atoms with van der Waals surface area (Å²) in [4.78, 5) is 27.4. The molecule has 0 radical (unpaired) electrons. The van der Waals surface area contributed by atoms with E-state index in [0.29, 0.717) is 5.56 Å². The van der Waals surface area contributed by atoms with Crippen LogP contribution in [0.5, 0.6) is 5.75 Å². The second-order valence-electron chi connectivity index (χ2n) is 5.24. The Labute approximate surface area is 146 Å². The van der Waals surface area contributed by atoms with E-state index < -0.39 is 24.3 Å². The highest BCUT2D eigenvalue weighted by Crippen LogP contribution is 2.24. The van der Waals surface area contributed by atoms with Gasteiger partial charge in [0.05, 0.1) is 18.7 Å². The number of hydrogen-bond acceptors (Lipinski definition) is 5. The minimum Gasteiger partial charge on any atom is -0.465 e. The molecule has 0 saturated heterocycles. The number of benzene rings is 1. The molecule has 9 heteroatoms. The molecule has 6 nitrogen and oxygen atoms in total. The van der Waals surface area contributed by atoms with Crippen molar-refractivity contribution in [2.75, 3.05) is 7.11 Å².